The second-order valence-corrected chi connectivity index (χ2v) is 6.58. The third kappa shape index (κ3) is 3.37. The number of carbonyl (C=O) groups is 1. The van der Waals surface area contributed by atoms with Gasteiger partial charge in [0.05, 0.1) is 23.1 Å². The highest BCUT2D eigenvalue weighted by atomic mass is 79.9. The maximum atomic E-state index is 12.0. The van der Waals surface area contributed by atoms with Crippen LogP contribution in [0.1, 0.15) is 17.4 Å². The molecule has 0 saturated carbocycles. The average Bonchev–Trinajstić information content (AvgIpc) is 3.20. The topological polar surface area (TPSA) is 57.1 Å². The molecule has 2 aromatic rings. The van der Waals surface area contributed by atoms with E-state index in [2.05, 4.69) is 20.9 Å². The lowest BCUT2D eigenvalue weighted by molar-refractivity contribution is -0.129. The molecule has 0 unspecified atom stereocenters. The lowest BCUT2D eigenvalue weighted by Gasteiger charge is -2.12. The van der Waals surface area contributed by atoms with E-state index in [4.69, 9.17) is 14.2 Å². The Balaban J connectivity index is 1.96. The summed E-state index contributed by atoms with van der Waals surface area (Å²) in [7, 11) is 1.57. The number of methoxy groups -OCH3 is 1. The van der Waals surface area contributed by atoms with Gasteiger partial charge in [0.2, 0.25) is 5.90 Å². The van der Waals surface area contributed by atoms with Crippen LogP contribution in [0.15, 0.2) is 44.8 Å². The maximum absolute atomic E-state index is 12.0. The van der Waals surface area contributed by atoms with Crippen molar-refractivity contribution < 1.29 is 19.0 Å². The monoisotopic (exact) mass is 407 g/mol. The summed E-state index contributed by atoms with van der Waals surface area (Å²) in [4.78, 5) is 17.1. The van der Waals surface area contributed by atoms with Crippen molar-refractivity contribution in [2.24, 2.45) is 4.99 Å². The predicted octanol–water partition coefficient (Wildman–Crippen LogP) is 4.26. The molecule has 0 fully saturated rings. The van der Waals surface area contributed by atoms with Gasteiger partial charge in [-0.2, -0.15) is 0 Å². The quantitative estimate of drug-likeness (QED) is 0.548. The third-order valence-corrected chi connectivity index (χ3v) is 4.64. The van der Waals surface area contributed by atoms with Gasteiger partial charge in [-0.05, 0) is 58.1 Å². The summed E-state index contributed by atoms with van der Waals surface area (Å²) in [5.74, 6) is 1.06. The summed E-state index contributed by atoms with van der Waals surface area (Å²) < 4.78 is 16.9. The van der Waals surface area contributed by atoms with Gasteiger partial charge in [-0.3, -0.25) is 0 Å². The minimum atomic E-state index is -0.470. The standard InChI is InChI=1S/C17H14BrNO4S/c1-3-22-15-11(18)7-10(9-13(15)21-2)8-12-17(20)23-16(19-12)14-5-4-6-24-14/h4-9H,3H2,1-2H3/b12-8-. The number of aliphatic imine (C=N–C) groups is 1. The van der Waals surface area contributed by atoms with Gasteiger partial charge < -0.3 is 14.2 Å². The summed E-state index contributed by atoms with van der Waals surface area (Å²) in [6.45, 7) is 2.42. The normalized spacial score (nSPS) is 15.4. The number of esters is 1. The number of nitrogens with zero attached hydrogens (tertiary/aromatic N) is 1. The molecule has 0 saturated heterocycles. The lowest BCUT2D eigenvalue weighted by atomic mass is 10.1. The van der Waals surface area contributed by atoms with Gasteiger partial charge in [-0.1, -0.05) is 6.07 Å². The SMILES string of the molecule is CCOc1c(Br)cc(/C=C2\N=C(c3cccs3)OC2=O)cc1OC. The van der Waals surface area contributed by atoms with Gasteiger partial charge in [-0.25, -0.2) is 9.79 Å². The van der Waals surface area contributed by atoms with Gasteiger partial charge in [0.15, 0.2) is 17.2 Å². The molecule has 2 heterocycles. The van der Waals surface area contributed by atoms with Crippen molar-refractivity contribution in [2.75, 3.05) is 13.7 Å². The fraction of sp³-hybridized carbons (Fsp3) is 0.176. The smallest absolute Gasteiger partial charge is 0.363 e. The van der Waals surface area contributed by atoms with Crippen LogP contribution in [-0.4, -0.2) is 25.6 Å². The largest absolute Gasteiger partial charge is 0.493 e. The maximum Gasteiger partial charge on any atom is 0.363 e. The van der Waals surface area contributed by atoms with Crippen LogP contribution in [0.25, 0.3) is 6.08 Å². The Morgan fingerprint density at radius 2 is 2.25 bits per heavy atom. The Labute approximate surface area is 151 Å². The van der Waals surface area contributed by atoms with Crippen LogP contribution in [0, 0.1) is 0 Å². The van der Waals surface area contributed by atoms with Gasteiger partial charge in [0, 0.05) is 0 Å². The zero-order chi connectivity index (χ0) is 17.1. The van der Waals surface area contributed by atoms with Crippen LogP contribution in [0.3, 0.4) is 0 Å². The number of thiophene rings is 1. The highest BCUT2D eigenvalue weighted by Gasteiger charge is 2.25. The van der Waals surface area contributed by atoms with E-state index < -0.39 is 5.97 Å². The van der Waals surface area contributed by atoms with Gasteiger partial charge in [0.1, 0.15) is 0 Å². The Morgan fingerprint density at radius 3 is 2.92 bits per heavy atom. The molecule has 0 radical (unpaired) electrons. The molecule has 0 amide bonds. The van der Waals surface area contributed by atoms with Gasteiger partial charge in [-0.15, -0.1) is 11.3 Å². The molecule has 0 N–H and O–H groups in total. The average molecular weight is 408 g/mol. The van der Waals surface area contributed by atoms with Crippen LogP contribution in [0.2, 0.25) is 0 Å². The van der Waals surface area contributed by atoms with Gasteiger partial charge in [0.25, 0.3) is 0 Å². The molecule has 0 spiro atoms. The first kappa shape index (κ1) is 16.7. The first-order valence-corrected chi connectivity index (χ1v) is 8.86. The molecular formula is C17H14BrNO4S. The van der Waals surface area contributed by atoms with Crippen LogP contribution in [0.5, 0.6) is 11.5 Å². The number of benzene rings is 1. The number of carbonyl (C=O) groups excluding carboxylic acids is 1. The summed E-state index contributed by atoms with van der Waals surface area (Å²) in [6.07, 6.45) is 1.66. The molecule has 3 rings (SSSR count). The molecular weight excluding hydrogens is 394 g/mol. The number of hydrogen-bond acceptors (Lipinski definition) is 6. The molecule has 1 aliphatic rings. The van der Waals surface area contributed by atoms with E-state index in [9.17, 15) is 4.79 Å². The van der Waals surface area contributed by atoms with Crippen molar-refractivity contribution in [3.8, 4) is 11.5 Å². The molecule has 1 aliphatic heterocycles. The van der Waals surface area contributed by atoms with E-state index in [-0.39, 0.29) is 5.70 Å². The Bertz CT molecular complexity index is 827. The molecule has 7 heteroatoms. The van der Waals surface area contributed by atoms with Crippen LogP contribution in [0.4, 0.5) is 0 Å². The van der Waals surface area contributed by atoms with E-state index in [1.165, 1.54) is 11.3 Å². The van der Waals surface area contributed by atoms with Crippen LogP contribution >= 0.6 is 27.3 Å². The number of hydrogen-bond donors (Lipinski definition) is 0. The molecule has 1 aromatic carbocycles. The number of cyclic esters (lactones) is 1. The Kier molecular flexibility index (Phi) is 5.01. The fourth-order valence-corrected chi connectivity index (χ4v) is 3.40. The zero-order valence-electron chi connectivity index (χ0n) is 13.0. The number of halogens is 1. The second kappa shape index (κ2) is 7.19. The fourth-order valence-electron chi connectivity index (χ4n) is 2.18. The van der Waals surface area contributed by atoms with Crippen LogP contribution in [-0.2, 0) is 9.53 Å². The predicted molar refractivity (Wildman–Crippen MR) is 96.8 cm³/mol. The minimum absolute atomic E-state index is 0.247. The summed E-state index contributed by atoms with van der Waals surface area (Å²) in [6, 6.07) is 7.36. The number of rotatable bonds is 5. The molecule has 1 aromatic heterocycles. The van der Waals surface area contributed by atoms with E-state index in [1.807, 2.05) is 30.5 Å². The molecule has 0 bridgehead atoms. The molecule has 0 aliphatic carbocycles. The summed E-state index contributed by atoms with van der Waals surface area (Å²) >= 11 is 4.93. The highest BCUT2D eigenvalue weighted by Crippen LogP contribution is 2.37. The van der Waals surface area contributed by atoms with Crippen LogP contribution < -0.4 is 9.47 Å². The highest BCUT2D eigenvalue weighted by molar-refractivity contribution is 9.10. The summed E-state index contributed by atoms with van der Waals surface area (Å²) in [5, 5.41) is 1.90. The third-order valence-electron chi connectivity index (χ3n) is 3.20. The first-order chi connectivity index (χ1) is 11.6. The van der Waals surface area contributed by atoms with Crippen molar-refractivity contribution in [2.45, 2.75) is 6.92 Å². The minimum Gasteiger partial charge on any atom is -0.493 e. The summed E-state index contributed by atoms with van der Waals surface area (Å²) in [5.41, 5.74) is 1.00. The van der Waals surface area contributed by atoms with Crippen molar-refractivity contribution in [3.63, 3.8) is 0 Å². The van der Waals surface area contributed by atoms with Gasteiger partial charge >= 0.3 is 5.97 Å². The van der Waals surface area contributed by atoms with E-state index in [0.717, 1.165) is 14.9 Å². The van der Waals surface area contributed by atoms with Crippen molar-refractivity contribution in [3.05, 3.63) is 50.3 Å². The molecule has 5 nitrogen and oxygen atoms in total. The van der Waals surface area contributed by atoms with E-state index >= 15 is 0 Å². The molecule has 124 valence electrons. The first-order valence-electron chi connectivity index (χ1n) is 7.19. The second-order valence-electron chi connectivity index (χ2n) is 4.78. The van der Waals surface area contributed by atoms with E-state index in [0.29, 0.717) is 24.0 Å². The Morgan fingerprint density at radius 1 is 1.42 bits per heavy atom. The zero-order valence-corrected chi connectivity index (χ0v) is 15.4. The molecule has 24 heavy (non-hydrogen) atoms. The van der Waals surface area contributed by atoms with Crippen molar-refractivity contribution in [1.82, 2.24) is 0 Å². The molecule has 0 atom stereocenters. The lowest BCUT2D eigenvalue weighted by Crippen LogP contribution is -2.03. The van der Waals surface area contributed by atoms with E-state index in [1.54, 1.807) is 19.3 Å². The van der Waals surface area contributed by atoms with Crippen molar-refractivity contribution in [1.29, 1.82) is 0 Å². The van der Waals surface area contributed by atoms with Crippen molar-refractivity contribution >= 4 is 45.2 Å². The number of ether oxygens (including phenoxy) is 3. The Hall–Kier alpha value is -2.12.